The van der Waals surface area contributed by atoms with Crippen LogP contribution >= 0.6 is 0 Å². The van der Waals surface area contributed by atoms with Crippen molar-refractivity contribution in [2.45, 2.75) is 45.1 Å². The van der Waals surface area contributed by atoms with Crippen molar-refractivity contribution in [1.29, 1.82) is 0 Å². The van der Waals surface area contributed by atoms with Crippen molar-refractivity contribution in [3.05, 3.63) is 36.2 Å². The van der Waals surface area contributed by atoms with Gasteiger partial charge in [0.25, 0.3) is 5.91 Å². The third-order valence-corrected chi connectivity index (χ3v) is 5.07. The summed E-state index contributed by atoms with van der Waals surface area (Å²) in [6, 6.07) is 4.65. The molecule has 1 unspecified atom stereocenters. The number of benzene rings is 1. The van der Waals surface area contributed by atoms with Crippen LogP contribution in [-0.2, 0) is 10.2 Å². The molecule has 1 aliphatic carbocycles. The van der Waals surface area contributed by atoms with Crippen LogP contribution in [-0.4, -0.2) is 34.6 Å². The quantitative estimate of drug-likeness (QED) is 0.820. The summed E-state index contributed by atoms with van der Waals surface area (Å²) in [5, 5.41) is 2.54. The molecule has 1 atom stereocenters. The lowest BCUT2D eigenvalue weighted by Crippen LogP contribution is -2.31. The van der Waals surface area contributed by atoms with Crippen molar-refractivity contribution in [3.63, 3.8) is 0 Å². The van der Waals surface area contributed by atoms with Gasteiger partial charge in [-0.05, 0) is 31.9 Å². The smallest absolute Gasteiger partial charge is 0.330 e. The van der Waals surface area contributed by atoms with Gasteiger partial charge in [0.05, 0.1) is 19.0 Å². The summed E-state index contributed by atoms with van der Waals surface area (Å²) in [5.74, 6) is 1.68. The molecule has 3 heterocycles. The van der Waals surface area contributed by atoms with Crippen LogP contribution in [0.15, 0.2) is 30.6 Å². The first kappa shape index (κ1) is 18.2. The Kier molecular flexibility index (Phi) is 4.41. The Balaban J connectivity index is 0.000000932. The molecule has 1 N–H and O–H groups in total. The van der Waals surface area contributed by atoms with Crippen LogP contribution in [0, 0.1) is 0 Å². The molecule has 0 bridgehead atoms. The fraction of sp³-hybridized carbons (Fsp3) is 0.400. The highest BCUT2D eigenvalue weighted by Gasteiger charge is 2.52. The largest absolute Gasteiger partial charge is 0.492 e. The van der Waals surface area contributed by atoms with Crippen molar-refractivity contribution in [2.75, 3.05) is 11.5 Å². The number of hydrogen-bond donors (Lipinski definition) is 1. The number of rotatable bonds is 3. The Hall–Kier alpha value is -3.16. The summed E-state index contributed by atoms with van der Waals surface area (Å²) in [6.07, 6.45) is 4.95. The maximum atomic E-state index is 12.0. The summed E-state index contributed by atoms with van der Waals surface area (Å²) in [4.78, 5) is 33.2. The zero-order valence-corrected chi connectivity index (χ0v) is 16.1. The van der Waals surface area contributed by atoms with Gasteiger partial charge < -0.3 is 14.8 Å². The Morgan fingerprint density at radius 1 is 1.21 bits per heavy atom. The van der Waals surface area contributed by atoms with Crippen molar-refractivity contribution in [1.82, 2.24) is 15.3 Å². The highest BCUT2D eigenvalue weighted by atomic mass is 16.5. The lowest BCUT2D eigenvalue weighted by Gasteiger charge is -2.13. The van der Waals surface area contributed by atoms with E-state index in [0.29, 0.717) is 18.2 Å². The molecule has 2 aliphatic heterocycles. The summed E-state index contributed by atoms with van der Waals surface area (Å²) in [6.45, 7) is 6.31. The average Bonchev–Trinajstić information content (AvgIpc) is 3.32. The van der Waals surface area contributed by atoms with Crippen molar-refractivity contribution >= 4 is 17.8 Å². The van der Waals surface area contributed by atoms with Gasteiger partial charge in [-0.3, -0.25) is 4.79 Å². The van der Waals surface area contributed by atoms with E-state index in [0.717, 1.165) is 29.1 Å². The molecule has 1 aromatic heterocycles. The summed E-state index contributed by atoms with van der Waals surface area (Å²) >= 11 is 0. The minimum absolute atomic E-state index is 0.0789. The molecule has 28 heavy (non-hydrogen) atoms. The van der Waals surface area contributed by atoms with E-state index in [1.807, 2.05) is 32.0 Å². The number of urea groups is 1. The summed E-state index contributed by atoms with van der Waals surface area (Å²) in [7, 11) is 0. The predicted molar refractivity (Wildman–Crippen MR) is 102 cm³/mol. The number of carbonyl (C=O) groups is 2. The molecule has 8 nitrogen and oxygen atoms in total. The molecule has 146 valence electrons. The number of amides is 3. The molecule has 3 aliphatic rings. The van der Waals surface area contributed by atoms with Crippen LogP contribution in [0.4, 0.5) is 10.6 Å². The highest BCUT2D eigenvalue weighted by molar-refractivity contribution is 6.20. The number of nitrogens with one attached hydrogen (secondary N) is 1. The highest BCUT2D eigenvalue weighted by Crippen LogP contribution is 2.58. The molecule has 1 saturated heterocycles. The SMILES string of the molecule is CC.CC1NC(=O)N(c2cnc(Oc3cccc4c3C3(CC3)CO4)cn2)C1=O. The van der Waals surface area contributed by atoms with Gasteiger partial charge in [0.1, 0.15) is 17.5 Å². The number of anilines is 1. The first-order valence-corrected chi connectivity index (χ1v) is 9.48. The molecule has 1 saturated carbocycles. The van der Waals surface area contributed by atoms with Crippen molar-refractivity contribution < 1.29 is 19.1 Å². The zero-order valence-electron chi connectivity index (χ0n) is 16.1. The van der Waals surface area contributed by atoms with E-state index in [-0.39, 0.29) is 17.1 Å². The van der Waals surface area contributed by atoms with Crippen LogP contribution in [0.1, 0.15) is 39.2 Å². The number of hydrogen-bond acceptors (Lipinski definition) is 6. The molecular formula is C20H22N4O4. The van der Waals surface area contributed by atoms with Crippen LogP contribution in [0.2, 0.25) is 0 Å². The Morgan fingerprint density at radius 2 is 2.00 bits per heavy atom. The van der Waals surface area contributed by atoms with Gasteiger partial charge in [0.2, 0.25) is 5.88 Å². The lowest BCUT2D eigenvalue weighted by atomic mass is 9.97. The van der Waals surface area contributed by atoms with Gasteiger partial charge in [-0.2, -0.15) is 0 Å². The van der Waals surface area contributed by atoms with Gasteiger partial charge in [0.15, 0.2) is 5.82 Å². The average molecular weight is 382 g/mol. The Morgan fingerprint density at radius 3 is 2.61 bits per heavy atom. The zero-order chi connectivity index (χ0) is 19.9. The second-order valence-corrected chi connectivity index (χ2v) is 6.86. The summed E-state index contributed by atoms with van der Waals surface area (Å²) in [5.41, 5.74) is 1.17. The molecule has 1 spiro atoms. The maximum absolute atomic E-state index is 12.0. The molecule has 2 aromatic rings. The van der Waals surface area contributed by atoms with Crippen LogP contribution < -0.4 is 19.7 Å². The predicted octanol–water partition coefficient (Wildman–Crippen LogP) is 3.16. The van der Waals surface area contributed by atoms with Crippen molar-refractivity contribution in [2.24, 2.45) is 0 Å². The van der Waals surface area contributed by atoms with Gasteiger partial charge >= 0.3 is 6.03 Å². The second-order valence-electron chi connectivity index (χ2n) is 6.86. The minimum atomic E-state index is -0.568. The third-order valence-electron chi connectivity index (χ3n) is 5.07. The number of fused-ring (bicyclic) bond motifs is 2. The van der Waals surface area contributed by atoms with Crippen LogP contribution in [0.5, 0.6) is 17.4 Å². The molecule has 5 rings (SSSR count). The standard InChI is InChI=1S/C18H16N4O4.C2H6/c1-10-16(23)22(17(24)21-10)13-7-20-14(8-19-13)26-12-4-2-3-11-15(12)18(5-6-18)9-25-11;1-2/h2-4,7-8,10H,5-6,9H2,1H3,(H,21,24);1-2H3. The van der Waals surface area contributed by atoms with Gasteiger partial charge in [0, 0.05) is 11.0 Å². The lowest BCUT2D eigenvalue weighted by molar-refractivity contribution is -0.118. The molecule has 1 aromatic carbocycles. The van der Waals surface area contributed by atoms with Gasteiger partial charge in [-0.1, -0.05) is 19.9 Å². The Labute approximate surface area is 162 Å². The van der Waals surface area contributed by atoms with Crippen molar-refractivity contribution in [3.8, 4) is 17.4 Å². The summed E-state index contributed by atoms with van der Waals surface area (Å²) < 4.78 is 11.7. The fourth-order valence-electron chi connectivity index (χ4n) is 3.48. The van der Waals surface area contributed by atoms with E-state index in [1.165, 1.54) is 12.4 Å². The second kappa shape index (κ2) is 6.78. The first-order chi connectivity index (χ1) is 13.6. The molecule has 2 fully saturated rings. The van der Waals surface area contributed by atoms with E-state index in [9.17, 15) is 9.59 Å². The molecule has 8 heteroatoms. The van der Waals surface area contributed by atoms with E-state index >= 15 is 0 Å². The van der Waals surface area contributed by atoms with Gasteiger partial charge in [-0.25, -0.2) is 19.7 Å². The van der Waals surface area contributed by atoms with E-state index in [4.69, 9.17) is 9.47 Å². The van der Waals surface area contributed by atoms with E-state index in [1.54, 1.807) is 6.92 Å². The molecule has 3 amide bonds. The van der Waals surface area contributed by atoms with Crippen LogP contribution in [0.25, 0.3) is 0 Å². The number of aromatic nitrogens is 2. The fourth-order valence-corrected chi connectivity index (χ4v) is 3.48. The Bertz CT molecular complexity index is 924. The minimum Gasteiger partial charge on any atom is -0.492 e. The normalized spacial score (nSPS) is 20.8. The van der Waals surface area contributed by atoms with E-state index in [2.05, 4.69) is 15.3 Å². The number of nitrogens with zero attached hydrogens (tertiary/aromatic N) is 3. The first-order valence-electron chi connectivity index (χ1n) is 9.48. The third kappa shape index (κ3) is 2.85. The molecule has 0 radical (unpaired) electrons. The van der Waals surface area contributed by atoms with Crippen LogP contribution in [0.3, 0.4) is 0 Å². The number of carbonyl (C=O) groups excluding carboxylic acids is 2. The maximum Gasteiger partial charge on any atom is 0.330 e. The van der Waals surface area contributed by atoms with Gasteiger partial charge in [-0.15, -0.1) is 0 Å². The molecular weight excluding hydrogens is 360 g/mol. The number of imide groups is 1. The number of ether oxygens (including phenoxy) is 2. The monoisotopic (exact) mass is 382 g/mol. The van der Waals surface area contributed by atoms with E-state index < -0.39 is 12.1 Å². The topological polar surface area (TPSA) is 93.7 Å².